The summed E-state index contributed by atoms with van der Waals surface area (Å²) in [6.45, 7) is 3.93. The van der Waals surface area contributed by atoms with Gasteiger partial charge in [-0.1, -0.05) is 20.3 Å². The number of hydrogen-bond donors (Lipinski definition) is 1. The van der Waals surface area contributed by atoms with Crippen LogP contribution < -0.4 is 4.72 Å². The van der Waals surface area contributed by atoms with Crippen LogP contribution >= 0.6 is 0 Å². The zero-order valence-electron chi connectivity index (χ0n) is 8.08. The quantitative estimate of drug-likeness (QED) is 0.702. The maximum Gasteiger partial charge on any atom is 0.225 e. The van der Waals surface area contributed by atoms with E-state index in [1.807, 2.05) is 13.8 Å². The Labute approximate surface area is 80.0 Å². The molecule has 4 nitrogen and oxygen atoms in total. The molecule has 1 N–H and O–H groups in total. The first-order valence-electron chi connectivity index (χ1n) is 4.42. The Morgan fingerprint density at radius 3 is 2.46 bits per heavy atom. The Morgan fingerprint density at radius 2 is 2.08 bits per heavy atom. The monoisotopic (exact) mass is 204 g/mol. The molecule has 0 amide bonds. The summed E-state index contributed by atoms with van der Waals surface area (Å²) in [5, 5.41) is 8.25. The summed E-state index contributed by atoms with van der Waals surface area (Å²) in [6, 6.07) is 1.60. The van der Waals surface area contributed by atoms with Gasteiger partial charge in [-0.05, 0) is 12.8 Å². The molecule has 13 heavy (non-hydrogen) atoms. The lowest BCUT2D eigenvalue weighted by Gasteiger charge is -2.14. The molecule has 0 aliphatic rings. The van der Waals surface area contributed by atoms with Crippen LogP contribution in [0.2, 0.25) is 0 Å². The van der Waals surface area contributed by atoms with Crippen molar-refractivity contribution in [2.75, 3.05) is 5.75 Å². The first-order chi connectivity index (χ1) is 6.05. The van der Waals surface area contributed by atoms with Crippen molar-refractivity contribution in [3.05, 3.63) is 0 Å². The number of nitrogens with zero attached hydrogens (tertiary/aromatic N) is 1. The van der Waals surface area contributed by atoms with Crippen molar-refractivity contribution in [1.29, 1.82) is 5.26 Å². The minimum atomic E-state index is -3.38. The topological polar surface area (TPSA) is 70.0 Å². The molecule has 76 valence electrons. The fourth-order valence-electron chi connectivity index (χ4n) is 1.08. The van der Waals surface area contributed by atoms with Crippen LogP contribution in [0.3, 0.4) is 0 Å². The van der Waals surface area contributed by atoms with E-state index in [0.717, 1.165) is 19.3 Å². The lowest BCUT2D eigenvalue weighted by atomic mass is 10.1. The molecular weight excluding hydrogens is 188 g/mol. The van der Waals surface area contributed by atoms with Gasteiger partial charge in [-0.25, -0.2) is 13.1 Å². The summed E-state index contributed by atoms with van der Waals surface area (Å²) in [4.78, 5) is 0. The summed E-state index contributed by atoms with van der Waals surface area (Å²) in [7, 11) is -3.38. The van der Waals surface area contributed by atoms with Crippen LogP contribution in [0.15, 0.2) is 0 Å². The highest BCUT2D eigenvalue weighted by atomic mass is 32.2. The standard InChI is InChI=1S/C8H16N2O2S/c1-3-5-8(4-2)10-13(11,12)7-6-9/h8,10H,3-5,7H2,1-2H3. The molecule has 0 aromatic heterocycles. The lowest BCUT2D eigenvalue weighted by molar-refractivity contribution is 0.514. The number of rotatable bonds is 6. The van der Waals surface area contributed by atoms with Gasteiger partial charge in [0.1, 0.15) is 0 Å². The largest absolute Gasteiger partial charge is 0.225 e. The van der Waals surface area contributed by atoms with Crippen molar-refractivity contribution in [1.82, 2.24) is 4.72 Å². The van der Waals surface area contributed by atoms with E-state index in [-0.39, 0.29) is 6.04 Å². The Kier molecular flexibility index (Phi) is 5.67. The first kappa shape index (κ1) is 12.4. The Morgan fingerprint density at radius 1 is 1.46 bits per heavy atom. The van der Waals surface area contributed by atoms with E-state index >= 15 is 0 Å². The fourth-order valence-corrected chi connectivity index (χ4v) is 2.12. The number of nitriles is 1. The molecule has 0 rings (SSSR count). The zero-order chi connectivity index (χ0) is 10.3. The summed E-state index contributed by atoms with van der Waals surface area (Å²) >= 11 is 0. The third kappa shape index (κ3) is 5.61. The van der Waals surface area contributed by atoms with Crippen LogP contribution in [-0.4, -0.2) is 20.2 Å². The SMILES string of the molecule is CCCC(CC)NS(=O)(=O)CC#N. The van der Waals surface area contributed by atoms with E-state index in [1.54, 1.807) is 6.07 Å². The minimum absolute atomic E-state index is 0.0247. The summed E-state index contributed by atoms with van der Waals surface area (Å²) < 4.78 is 24.8. The molecule has 1 atom stereocenters. The Balaban J connectivity index is 4.16. The van der Waals surface area contributed by atoms with Gasteiger partial charge in [0.2, 0.25) is 10.0 Å². The molecule has 0 radical (unpaired) electrons. The highest BCUT2D eigenvalue weighted by Crippen LogP contribution is 2.02. The molecule has 0 fully saturated rings. The molecule has 0 aliphatic carbocycles. The molecule has 5 heteroatoms. The molecule has 0 aromatic rings. The van der Waals surface area contributed by atoms with Crippen LogP contribution in [-0.2, 0) is 10.0 Å². The summed E-state index contributed by atoms with van der Waals surface area (Å²) in [5.74, 6) is -0.451. The fraction of sp³-hybridized carbons (Fsp3) is 0.875. The van der Waals surface area contributed by atoms with Crippen molar-refractivity contribution < 1.29 is 8.42 Å². The van der Waals surface area contributed by atoms with Gasteiger partial charge in [0.05, 0.1) is 6.07 Å². The summed E-state index contributed by atoms with van der Waals surface area (Å²) in [6.07, 6.45) is 2.52. The van der Waals surface area contributed by atoms with E-state index in [0.29, 0.717) is 0 Å². The Bertz CT molecular complexity index is 266. The normalized spacial score (nSPS) is 13.6. The van der Waals surface area contributed by atoms with Crippen molar-refractivity contribution in [3.63, 3.8) is 0 Å². The van der Waals surface area contributed by atoms with Gasteiger partial charge in [-0.3, -0.25) is 0 Å². The molecule has 0 bridgehead atoms. The lowest BCUT2D eigenvalue weighted by Crippen LogP contribution is -2.35. The first-order valence-corrected chi connectivity index (χ1v) is 6.07. The van der Waals surface area contributed by atoms with E-state index in [2.05, 4.69) is 4.72 Å². The van der Waals surface area contributed by atoms with E-state index in [9.17, 15) is 8.42 Å². The van der Waals surface area contributed by atoms with Gasteiger partial charge in [-0.15, -0.1) is 0 Å². The van der Waals surface area contributed by atoms with Gasteiger partial charge < -0.3 is 0 Å². The Hall–Kier alpha value is -0.600. The number of nitrogens with one attached hydrogen (secondary N) is 1. The molecular formula is C8H16N2O2S. The van der Waals surface area contributed by atoms with Crippen LogP contribution in [0.5, 0.6) is 0 Å². The van der Waals surface area contributed by atoms with Gasteiger partial charge >= 0.3 is 0 Å². The number of sulfonamides is 1. The third-order valence-corrected chi connectivity index (χ3v) is 2.93. The van der Waals surface area contributed by atoms with Crippen molar-refractivity contribution in [2.24, 2.45) is 0 Å². The zero-order valence-corrected chi connectivity index (χ0v) is 8.89. The van der Waals surface area contributed by atoms with Crippen molar-refractivity contribution in [3.8, 4) is 6.07 Å². The van der Waals surface area contributed by atoms with Crippen LogP contribution in [0.1, 0.15) is 33.1 Å². The highest BCUT2D eigenvalue weighted by molar-refractivity contribution is 7.89. The molecule has 0 saturated carbocycles. The third-order valence-electron chi connectivity index (χ3n) is 1.73. The summed E-state index contributed by atoms with van der Waals surface area (Å²) in [5.41, 5.74) is 0. The van der Waals surface area contributed by atoms with E-state index in [1.165, 1.54) is 0 Å². The van der Waals surface area contributed by atoms with Crippen molar-refractivity contribution in [2.45, 2.75) is 39.2 Å². The molecule has 0 aliphatic heterocycles. The predicted molar refractivity (Wildman–Crippen MR) is 51.5 cm³/mol. The average Bonchev–Trinajstić information content (AvgIpc) is 2.03. The smallest absolute Gasteiger partial charge is 0.211 e. The van der Waals surface area contributed by atoms with Crippen LogP contribution in [0.4, 0.5) is 0 Å². The second-order valence-corrected chi connectivity index (χ2v) is 4.68. The molecule has 0 spiro atoms. The van der Waals surface area contributed by atoms with E-state index in [4.69, 9.17) is 5.26 Å². The van der Waals surface area contributed by atoms with Crippen molar-refractivity contribution >= 4 is 10.0 Å². The maximum atomic E-state index is 11.1. The maximum absolute atomic E-state index is 11.1. The molecule has 0 saturated heterocycles. The minimum Gasteiger partial charge on any atom is -0.211 e. The van der Waals surface area contributed by atoms with Gasteiger partial charge in [0.15, 0.2) is 5.75 Å². The highest BCUT2D eigenvalue weighted by Gasteiger charge is 2.14. The predicted octanol–water partition coefficient (Wildman–Crippen LogP) is 1.01. The van der Waals surface area contributed by atoms with Crippen LogP contribution in [0.25, 0.3) is 0 Å². The van der Waals surface area contributed by atoms with Crippen LogP contribution in [0, 0.1) is 11.3 Å². The second-order valence-electron chi connectivity index (χ2n) is 2.93. The second kappa shape index (κ2) is 5.95. The van der Waals surface area contributed by atoms with Gasteiger partial charge in [0.25, 0.3) is 0 Å². The number of hydrogen-bond acceptors (Lipinski definition) is 3. The molecule has 0 heterocycles. The molecule has 0 aromatic carbocycles. The van der Waals surface area contributed by atoms with E-state index < -0.39 is 15.8 Å². The average molecular weight is 204 g/mol. The molecule has 1 unspecified atom stereocenters. The van der Waals surface area contributed by atoms with Gasteiger partial charge in [0, 0.05) is 6.04 Å². The van der Waals surface area contributed by atoms with Gasteiger partial charge in [-0.2, -0.15) is 5.26 Å².